The molecule has 0 aliphatic carbocycles. The zero-order valence-electron chi connectivity index (χ0n) is 9.50. The molecular formula is C12H15FN2. The summed E-state index contributed by atoms with van der Waals surface area (Å²) < 4.78 is 15.4. The van der Waals surface area contributed by atoms with Crippen LogP contribution in [0.1, 0.15) is 30.9 Å². The summed E-state index contributed by atoms with van der Waals surface area (Å²) in [7, 11) is 1.86. The predicted molar refractivity (Wildman–Crippen MR) is 59.5 cm³/mol. The number of fused-ring (bicyclic) bond motifs is 1. The highest BCUT2D eigenvalue weighted by atomic mass is 19.1. The van der Waals surface area contributed by atoms with Gasteiger partial charge < -0.3 is 0 Å². The van der Waals surface area contributed by atoms with Gasteiger partial charge >= 0.3 is 0 Å². The topological polar surface area (TPSA) is 17.8 Å². The van der Waals surface area contributed by atoms with Gasteiger partial charge in [0.15, 0.2) is 0 Å². The zero-order chi connectivity index (χ0) is 11.2. The van der Waals surface area contributed by atoms with E-state index < -0.39 is 0 Å². The number of nitrogens with zero attached hydrogens (tertiary/aromatic N) is 2. The average molecular weight is 206 g/mol. The molecule has 2 nitrogen and oxygen atoms in total. The van der Waals surface area contributed by atoms with Gasteiger partial charge in [0, 0.05) is 24.2 Å². The van der Waals surface area contributed by atoms with Gasteiger partial charge in [-0.2, -0.15) is 5.10 Å². The maximum Gasteiger partial charge on any atom is 0.128 e. The molecule has 1 heterocycles. The fourth-order valence-electron chi connectivity index (χ4n) is 1.89. The van der Waals surface area contributed by atoms with Gasteiger partial charge in [0.25, 0.3) is 0 Å². The highest BCUT2D eigenvalue weighted by molar-refractivity contribution is 5.85. The smallest absolute Gasteiger partial charge is 0.128 e. The molecule has 2 rings (SSSR count). The monoisotopic (exact) mass is 206 g/mol. The third-order valence-electron chi connectivity index (χ3n) is 2.76. The molecule has 1 aromatic heterocycles. The van der Waals surface area contributed by atoms with Crippen molar-refractivity contribution in [3.63, 3.8) is 0 Å². The Bertz CT molecular complexity index is 512. The van der Waals surface area contributed by atoms with Crippen LogP contribution < -0.4 is 0 Å². The average Bonchev–Trinajstić information content (AvgIpc) is 2.53. The van der Waals surface area contributed by atoms with E-state index in [0.717, 1.165) is 16.5 Å². The first-order valence-electron chi connectivity index (χ1n) is 5.13. The Morgan fingerprint density at radius 2 is 2.07 bits per heavy atom. The van der Waals surface area contributed by atoms with Crippen LogP contribution in [0.5, 0.6) is 0 Å². The molecule has 3 heteroatoms. The molecular weight excluding hydrogens is 191 g/mol. The zero-order valence-corrected chi connectivity index (χ0v) is 9.50. The van der Waals surface area contributed by atoms with Crippen LogP contribution in [0.4, 0.5) is 4.39 Å². The van der Waals surface area contributed by atoms with Crippen molar-refractivity contribution in [2.24, 2.45) is 7.05 Å². The second-order valence-corrected chi connectivity index (χ2v) is 4.29. The fraction of sp³-hybridized carbons (Fsp3) is 0.417. The molecule has 0 atom stereocenters. The molecule has 0 bridgehead atoms. The van der Waals surface area contributed by atoms with Crippen LogP contribution in [0.2, 0.25) is 0 Å². The predicted octanol–water partition coefficient (Wildman–Crippen LogP) is 3.14. The van der Waals surface area contributed by atoms with Gasteiger partial charge in [0.2, 0.25) is 0 Å². The Balaban J connectivity index is 2.87. The lowest BCUT2D eigenvalue weighted by Gasteiger charge is -2.08. The molecule has 0 aliphatic rings. The van der Waals surface area contributed by atoms with Gasteiger partial charge in [-0.3, -0.25) is 4.68 Å². The standard InChI is InChI=1S/C12H15FN2/c1-7(2)9-5-11(13)8(3)12-10(9)6-15(4)14-12/h5-7H,1-4H3. The van der Waals surface area contributed by atoms with Gasteiger partial charge in [0.05, 0.1) is 5.52 Å². The van der Waals surface area contributed by atoms with E-state index in [0.29, 0.717) is 11.5 Å². The summed E-state index contributed by atoms with van der Waals surface area (Å²) in [5.74, 6) is 0.150. The normalized spacial score (nSPS) is 11.6. The highest BCUT2D eigenvalue weighted by Crippen LogP contribution is 2.28. The van der Waals surface area contributed by atoms with Crippen molar-refractivity contribution < 1.29 is 4.39 Å². The fourth-order valence-corrected chi connectivity index (χ4v) is 1.89. The maximum absolute atomic E-state index is 13.6. The van der Waals surface area contributed by atoms with Crippen LogP contribution in [0.25, 0.3) is 10.9 Å². The number of rotatable bonds is 1. The summed E-state index contributed by atoms with van der Waals surface area (Å²) in [5.41, 5.74) is 2.44. The van der Waals surface area contributed by atoms with E-state index in [1.54, 1.807) is 17.7 Å². The lowest BCUT2D eigenvalue weighted by atomic mass is 9.97. The first-order chi connectivity index (χ1) is 7.00. The third kappa shape index (κ3) is 1.52. The summed E-state index contributed by atoms with van der Waals surface area (Å²) in [5, 5.41) is 5.35. The van der Waals surface area contributed by atoms with Gasteiger partial charge in [-0.1, -0.05) is 13.8 Å². The molecule has 0 radical (unpaired) electrons. The highest BCUT2D eigenvalue weighted by Gasteiger charge is 2.13. The number of aromatic nitrogens is 2. The third-order valence-corrected chi connectivity index (χ3v) is 2.76. The van der Waals surface area contributed by atoms with Crippen molar-refractivity contribution in [3.05, 3.63) is 29.2 Å². The Hall–Kier alpha value is -1.38. The van der Waals surface area contributed by atoms with E-state index in [4.69, 9.17) is 0 Å². The van der Waals surface area contributed by atoms with Crippen molar-refractivity contribution in [3.8, 4) is 0 Å². The van der Waals surface area contributed by atoms with Crippen molar-refractivity contribution in [1.82, 2.24) is 9.78 Å². The van der Waals surface area contributed by atoms with Crippen LogP contribution in [0.3, 0.4) is 0 Å². The molecule has 80 valence electrons. The lowest BCUT2D eigenvalue weighted by molar-refractivity contribution is 0.616. The summed E-state index contributed by atoms with van der Waals surface area (Å²) >= 11 is 0. The molecule has 0 N–H and O–H groups in total. The molecule has 0 saturated carbocycles. The quantitative estimate of drug-likeness (QED) is 0.700. The van der Waals surface area contributed by atoms with Gasteiger partial charge in [-0.15, -0.1) is 0 Å². The van der Waals surface area contributed by atoms with Crippen molar-refractivity contribution >= 4 is 10.9 Å². The molecule has 0 saturated heterocycles. The first-order valence-corrected chi connectivity index (χ1v) is 5.13. The molecule has 0 spiro atoms. The van der Waals surface area contributed by atoms with Crippen molar-refractivity contribution in [2.75, 3.05) is 0 Å². The Morgan fingerprint density at radius 1 is 1.40 bits per heavy atom. The maximum atomic E-state index is 13.6. The molecule has 0 unspecified atom stereocenters. The van der Waals surface area contributed by atoms with Crippen LogP contribution >= 0.6 is 0 Å². The van der Waals surface area contributed by atoms with Gasteiger partial charge in [-0.05, 0) is 24.5 Å². The van der Waals surface area contributed by atoms with Crippen LogP contribution in [-0.4, -0.2) is 9.78 Å². The van der Waals surface area contributed by atoms with E-state index in [9.17, 15) is 4.39 Å². The van der Waals surface area contributed by atoms with E-state index in [1.165, 1.54) is 0 Å². The van der Waals surface area contributed by atoms with E-state index in [1.807, 2.05) is 13.2 Å². The number of aryl methyl sites for hydroxylation is 2. The lowest BCUT2D eigenvalue weighted by Crippen LogP contribution is -1.93. The van der Waals surface area contributed by atoms with Crippen molar-refractivity contribution in [2.45, 2.75) is 26.7 Å². The van der Waals surface area contributed by atoms with Gasteiger partial charge in [-0.25, -0.2) is 4.39 Å². The van der Waals surface area contributed by atoms with E-state index >= 15 is 0 Å². The number of hydrogen-bond donors (Lipinski definition) is 0. The molecule has 15 heavy (non-hydrogen) atoms. The van der Waals surface area contributed by atoms with E-state index in [2.05, 4.69) is 18.9 Å². The number of benzene rings is 1. The summed E-state index contributed by atoms with van der Waals surface area (Å²) in [6.45, 7) is 5.90. The molecule has 0 fully saturated rings. The largest absolute Gasteiger partial charge is 0.275 e. The number of hydrogen-bond acceptors (Lipinski definition) is 1. The second kappa shape index (κ2) is 3.33. The molecule has 0 aliphatic heterocycles. The van der Waals surface area contributed by atoms with E-state index in [-0.39, 0.29) is 5.82 Å². The minimum absolute atomic E-state index is 0.162. The molecule has 0 amide bonds. The van der Waals surface area contributed by atoms with Crippen LogP contribution in [-0.2, 0) is 7.05 Å². The molecule has 1 aromatic carbocycles. The molecule has 2 aromatic rings. The minimum atomic E-state index is -0.162. The number of halogens is 1. The van der Waals surface area contributed by atoms with Crippen molar-refractivity contribution in [1.29, 1.82) is 0 Å². The van der Waals surface area contributed by atoms with Crippen LogP contribution in [0.15, 0.2) is 12.3 Å². The minimum Gasteiger partial charge on any atom is -0.275 e. The SMILES string of the molecule is Cc1c(F)cc(C(C)C)c2cn(C)nc12. The Morgan fingerprint density at radius 3 is 2.67 bits per heavy atom. The second-order valence-electron chi connectivity index (χ2n) is 4.29. The van der Waals surface area contributed by atoms with Gasteiger partial charge in [0.1, 0.15) is 5.82 Å². The summed E-state index contributed by atoms with van der Waals surface area (Å²) in [6, 6.07) is 1.63. The summed E-state index contributed by atoms with van der Waals surface area (Å²) in [4.78, 5) is 0. The Labute approximate surface area is 88.7 Å². The first kappa shape index (κ1) is 10.1. The Kier molecular flexibility index (Phi) is 2.25. The summed E-state index contributed by atoms with van der Waals surface area (Å²) in [6.07, 6.45) is 1.96. The van der Waals surface area contributed by atoms with Crippen LogP contribution in [0, 0.1) is 12.7 Å².